The SMILES string of the molecule is CC1CN(CC(=O)Nc2cccc(Cl)c2)C(C)CN1. The van der Waals surface area contributed by atoms with Crippen molar-refractivity contribution in [2.24, 2.45) is 0 Å². The van der Waals surface area contributed by atoms with E-state index >= 15 is 0 Å². The van der Waals surface area contributed by atoms with Gasteiger partial charge in [0.1, 0.15) is 0 Å². The second-order valence-electron chi connectivity index (χ2n) is 5.15. The molecule has 1 amide bonds. The molecule has 0 aliphatic carbocycles. The molecule has 2 N–H and O–H groups in total. The lowest BCUT2D eigenvalue weighted by Crippen LogP contribution is -2.55. The van der Waals surface area contributed by atoms with E-state index in [-0.39, 0.29) is 5.91 Å². The minimum absolute atomic E-state index is 0.00298. The van der Waals surface area contributed by atoms with Crippen molar-refractivity contribution in [2.45, 2.75) is 25.9 Å². The van der Waals surface area contributed by atoms with Crippen LogP contribution in [0.4, 0.5) is 5.69 Å². The van der Waals surface area contributed by atoms with E-state index in [0.717, 1.165) is 18.8 Å². The Morgan fingerprint density at radius 1 is 1.53 bits per heavy atom. The number of piperazine rings is 1. The van der Waals surface area contributed by atoms with Crippen LogP contribution in [-0.4, -0.2) is 42.5 Å². The van der Waals surface area contributed by atoms with Crippen LogP contribution in [0.15, 0.2) is 24.3 Å². The molecule has 2 rings (SSSR count). The number of rotatable bonds is 3. The van der Waals surface area contributed by atoms with Crippen molar-refractivity contribution < 1.29 is 4.79 Å². The van der Waals surface area contributed by atoms with Gasteiger partial charge in [-0.05, 0) is 32.0 Å². The van der Waals surface area contributed by atoms with Gasteiger partial charge in [-0.3, -0.25) is 9.69 Å². The summed E-state index contributed by atoms with van der Waals surface area (Å²) in [6.45, 7) is 6.49. The van der Waals surface area contributed by atoms with Crippen molar-refractivity contribution in [1.29, 1.82) is 0 Å². The summed E-state index contributed by atoms with van der Waals surface area (Å²) in [6, 6.07) is 8.01. The number of hydrogen-bond donors (Lipinski definition) is 2. The van der Waals surface area contributed by atoms with E-state index in [9.17, 15) is 4.79 Å². The minimum atomic E-state index is 0.00298. The highest BCUT2D eigenvalue weighted by Crippen LogP contribution is 2.15. The fourth-order valence-corrected chi connectivity index (χ4v) is 2.46. The number of carbonyl (C=O) groups excluding carboxylic acids is 1. The summed E-state index contributed by atoms with van der Waals surface area (Å²) in [5.74, 6) is 0.00298. The molecule has 0 aromatic heterocycles. The standard InChI is InChI=1S/C14H20ClN3O/c1-10-8-18(11(2)7-16-10)9-14(19)17-13-5-3-4-12(15)6-13/h3-6,10-11,16H,7-9H2,1-2H3,(H,17,19). The number of hydrogen-bond acceptors (Lipinski definition) is 3. The molecule has 1 aromatic rings. The number of benzene rings is 1. The average molecular weight is 282 g/mol. The zero-order chi connectivity index (χ0) is 13.8. The normalized spacial score (nSPS) is 24.2. The minimum Gasteiger partial charge on any atom is -0.325 e. The summed E-state index contributed by atoms with van der Waals surface area (Å²) in [6.07, 6.45) is 0. The fourth-order valence-electron chi connectivity index (χ4n) is 2.27. The zero-order valence-electron chi connectivity index (χ0n) is 11.3. The Bertz CT molecular complexity index is 452. The highest BCUT2D eigenvalue weighted by molar-refractivity contribution is 6.30. The molecule has 0 spiro atoms. The van der Waals surface area contributed by atoms with Gasteiger partial charge in [-0.1, -0.05) is 17.7 Å². The fraction of sp³-hybridized carbons (Fsp3) is 0.500. The van der Waals surface area contributed by atoms with Crippen LogP contribution in [0.2, 0.25) is 5.02 Å². The highest BCUT2D eigenvalue weighted by Gasteiger charge is 2.23. The Labute approximate surface area is 119 Å². The Morgan fingerprint density at radius 3 is 3.05 bits per heavy atom. The highest BCUT2D eigenvalue weighted by atomic mass is 35.5. The van der Waals surface area contributed by atoms with Crippen molar-refractivity contribution in [3.8, 4) is 0 Å². The number of nitrogens with zero attached hydrogens (tertiary/aromatic N) is 1. The topological polar surface area (TPSA) is 44.4 Å². The summed E-state index contributed by atoms with van der Waals surface area (Å²) >= 11 is 5.89. The van der Waals surface area contributed by atoms with Gasteiger partial charge in [0.05, 0.1) is 6.54 Å². The quantitative estimate of drug-likeness (QED) is 0.890. The Morgan fingerprint density at radius 2 is 2.32 bits per heavy atom. The molecule has 19 heavy (non-hydrogen) atoms. The van der Waals surface area contributed by atoms with Crippen molar-refractivity contribution in [2.75, 3.05) is 25.0 Å². The van der Waals surface area contributed by atoms with Gasteiger partial charge in [-0.25, -0.2) is 0 Å². The Kier molecular flexibility index (Phi) is 4.80. The van der Waals surface area contributed by atoms with E-state index in [1.807, 2.05) is 12.1 Å². The van der Waals surface area contributed by atoms with Crippen LogP contribution in [0, 0.1) is 0 Å². The molecule has 2 unspecified atom stereocenters. The van der Waals surface area contributed by atoms with Crippen LogP contribution in [0.25, 0.3) is 0 Å². The van der Waals surface area contributed by atoms with E-state index in [2.05, 4.69) is 29.4 Å². The first-order chi connectivity index (χ1) is 9.04. The first-order valence-electron chi connectivity index (χ1n) is 6.57. The predicted octanol–water partition coefficient (Wildman–Crippen LogP) is 1.96. The second kappa shape index (κ2) is 6.37. The first kappa shape index (κ1) is 14.3. The molecular weight excluding hydrogens is 262 g/mol. The van der Waals surface area contributed by atoms with E-state index < -0.39 is 0 Å². The van der Waals surface area contributed by atoms with E-state index in [1.54, 1.807) is 12.1 Å². The lowest BCUT2D eigenvalue weighted by atomic mass is 10.1. The van der Waals surface area contributed by atoms with Gasteiger partial charge in [-0.15, -0.1) is 0 Å². The number of amides is 1. The van der Waals surface area contributed by atoms with Gasteiger partial charge >= 0.3 is 0 Å². The largest absolute Gasteiger partial charge is 0.325 e. The van der Waals surface area contributed by atoms with Crippen molar-refractivity contribution >= 4 is 23.2 Å². The van der Waals surface area contributed by atoms with Crippen molar-refractivity contribution in [3.63, 3.8) is 0 Å². The van der Waals surface area contributed by atoms with E-state index in [0.29, 0.717) is 23.7 Å². The van der Waals surface area contributed by atoms with Gasteiger partial charge in [0.15, 0.2) is 0 Å². The van der Waals surface area contributed by atoms with Crippen molar-refractivity contribution in [3.05, 3.63) is 29.3 Å². The number of anilines is 1. The van der Waals surface area contributed by atoms with Crippen LogP contribution >= 0.6 is 11.6 Å². The summed E-state index contributed by atoms with van der Waals surface area (Å²) < 4.78 is 0. The van der Waals surface area contributed by atoms with Gasteiger partial charge in [0.25, 0.3) is 0 Å². The third-order valence-corrected chi connectivity index (χ3v) is 3.58. The number of carbonyl (C=O) groups is 1. The molecule has 2 atom stereocenters. The molecule has 1 aromatic carbocycles. The molecule has 0 bridgehead atoms. The van der Waals surface area contributed by atoms with Crippen LogP contribution in [0.5, 0.6) is 0 Å². The molecule has 1 aliphatic rings. The lowest BCUT2D eigenvalue weighted by molar-refractivity contribution is -0.118. The summed E-state index contributed by atoms with van der Waals surface area (Å²) in [5.41, 5.74) is 0.744. The van der Waals surface area contributed by atoms with E-state index in [1.165, 1.54) is 0 Å². The number of nitrogens with one attached hydrogen (secondary N) is 2. The average Bonchev–Trinajstić information content (AvgIpc) is 2.34. The molecule has 1 saturated heterocycles. The Hall–Kier alpha value is -1.10. The molecule has 1 fully saturated rings. The molecule has 1 aliphatic heterocycles. The van der Waals surface area contributed by atoms with Gasteiger partial charge < -0.3 is 10.6 Å². The summed E-state index contributed by atoms with van der Waals surface area (Å²) in [4.78, 5) is 14.2. The van der Waals surface area contributed by atoms with Gasteiger partial charge in [0, 0.05) is 35.9 Å². The van der Waals surface area contributed by atoms with Gasteiger partial charge in [0.2, 0.25) is 5.91 Å². The van der Waals surface area contributed by atoms with Crippen LogP contribution in [-0.2, 0) is 4.79 Å². The molecule has 1 heterocycles. The number of halogens is 1. The van der Waals surface area contributed by atoms with E-state index in [4.69, 9.17) is 11.6 Å². The van der Waals surface area contributed by atoms with Crippen LogP contribution < -0.4 is 10.6 Å². The maximum absolute atomic E-state index is 12.0. The molecular formula is C14H20ClN3O. The molecule has 104 valence electrons. The molecule has 5 heteroatoms. The van der Waals surface area contributed by atoms with Crippen LogP contribution in [0.3, 0.4) is 0 Å². The second-order valence-corrected chi connectivity index (χ2v) is 5.58. The van der Waals surface area contributed by atoms with Crippen molar-refractivity contribution in [1.82, 2.24) is 10.2 Å². The summed E-state index contributed by atoms with van der Waals surface area (Å²) in [7, 11) is 0. The van der Waals surface area contributed by atoms with Crippen LogP contribution in [0.1, 0.15) is 13.8 Å². The van der Waals surface area contributed by atoms with Gasteiger partial charge in [-0.2, -0.15) is 0 Å². The first-order valence-corrected chi connectivity index (χ1v) is 6.95. The molecule has 4 nitrogen and oxygen atoms in total. The zero-order valence-corrected chi connectivity index (χ0v) is 12.1. The lowest BCUT2D eigenvalue weighted by Gasteiger charge is -2.36. The monoisotopic (exact) mass is 281 g/mol. The summed E-state index contributed by atoms with van der Waals surface area (Å²) in [5, 5.41) is 6.91. The Balaban J connectivity index is 1.90. The molecule has 0 saturated carbocycles. The maximum Gasteiger partial charge on any atom is 0.238 e. The maximum atomic E-state index is 12.0. The molecule has 0 radical (unpaired) electrons. The smallest absolute Gasteiger partial charge is 0.238 e. The third-order valence-electron chi connectivity index (χ3n) is 3.35. The third kappa shape index (κ3) is 4.20. The predicted molar refractivity (Wildman–Crippen MR) is 78.6 cm³/mol.